The highest BCUT2D eigenvalue weighted by atomic mass is 19.4. The Morgan fingerprint density at radius 2 is 1.91 bits per heavy atom. The van der Waals surface area contributed by atoms with Crippen LogP contribution in [0.15, 0.2) is 23.1 Å². The van der Waals surface area contributed by atoms with Crippen molar-refractivity contribution < 1.29 is 50.0 Å². The van der Waals surface area contributed by atoms with Crippen LogP contribution < -0.4 is 10.6 Å². The molecule has 0 saturated carbocycles. The summed E-state index contributed by atoms with van der Waals surface area (Å²) < 4.78 is 97.3. The number of methoxy groups -OCH3 is 1. The highest BCUT2D eigenvalue weighted by Gasteiger charge is 2.58. The van der Waals surface area contributed by atoms with Crippen LogP contribution in [0.3, 0.4) is 0 Å². The van der Waals surface area contributed by atoms with E-state index in [1.165, 1.54) is 37.0 Å². The third-order valence-corrected chi connectivity index (χ3v) is 7.02. The number of nitrogens with zero attached hydrogens (tertiary/aromatic N) is 6. The molecule has 3 atom stereocenters. The van der Waals surface area contributed by atoms with E-state index >= 15 is 0 Å². The van der Waals surface area contributed by atoms with Crippen molar-refractivity contribution in [1.82, 2.24) is 40.4 Å². The average Bonchev–Trinajstić information content (AvgIpc) is 3.60. The van der Waals surface area contributed by atoms with E-state index in [0.29, 0.717) is 0 Å². The fraction of sp³-hybridized carbons (Fsp3) is 0.583. The van der Waals surface area contributed by atoms with Crippen molar-refractivity contribution in [1.29, 1.82) is 0 Å². The zero-order valence-corrected chi connectivity index (χ0v) is 23.5. The number of alkyl halides is 6. The van der Waals surface area contributed by atoms with Crippen molar-refractivity contribution in [2.24, 2.45) is 0 Å². The molecule has 0 bridgehead atoms. The van der Waals surface area contributed by atoms with Gasteiger partial charge in [-0.1, -0.05) is 5.16 Å². The Balaban J connectivity index is 1.66. The van der Waals surface area contributed by atoms with Gasteiger partial charge in [-0.05, 0) is 38.9 Å². The molecule has 3 amide bonds. The van der Waals surface area contributed by atoms with Gasteiger partial charge in [0.2, 0.25) is 0 Å². The second-order valence-corrected chi connectivity index (χ2v) is 10.7. The second-order valence-electron chi connectivity index (χ2n) is 10.7. The van der Waals surface area contributed by atoms with E-state index in [0.717, 1.165) is 25.7 Å². The molecule has 1 fully saturated rings. The first-order chi connectivity index (χ1) is 19.9. The maximum absolute atomic E-state index is 13.6. The predicted molar refractivity (Wildman–Crippen MR) is 133 cm³/mol. The van der Waals surface area contributed by atoms with Crippen molar-refractivity contribution in [3.8, 4) is 0 Å². The summed E-state index contributed by atoms with van der Waals surface area (Å²) in [7, 11) is 1.31. The van der Waals surface area contributed by atoms with E-state index in [1.54, 1.807) is 0 Å². The van der Waals surface area contributed by atoms with Crippen LogP contribution in [0.1, 0.15) is 60.3 Å². The number of rotatable bonds is 10. The monoisotopic (exact) mass is 622 g/mol. The number of carbonyl (C=O) groups excluding carboxylic acids is 2. The summed E-state index contributed by atoms with van der Waals surface area (Å²) in [6.45, 7) is 2.39. The number of carbonyl (C=O) groups is 2. The second kappa shape index (κ2) is 11.3. The van der Waals surface area contributed by atoms with E-state index < -0.39 is 60.7 Å². The summed E-state index contributed by atoms with van der Waals surface area (Å²) in [6, 6.07) is -1.78. The number of hydrogen-bond donors (Lipinski definition) is 2. The Morgan fingerprint density at radius 1 is 1.21 bits per heavy atom. The van der Waals surface area contributed by atoms with Crippen LogP contribution in [-0.4, -0.2) is 92.1 Å². The lowest BCUT2D eigenvalue weighted by atomic mass is 10.0. The van der Waals surface area contributed by atoms with Crippen LogP contribution >= 0.6 is 0 Å². The van der Waals surface area contributed by atoms with E-state index in [9.17, 15) is 35.9 Å². The predicted octanol–water partition coefficient (Wildman–Crippen LogP) is 3.28. The molecule has 4 rings (SSSR count). The van der Waals surface area contributed by atoms with Crippen LogP contribution in [-0.2, 0) is 9.47 Å². The normalized spacial score (nSPS) is 19.5. The quantitative estimate of drug-likeness (QED) is 0.325. The number of aryl methyl sites for hydroxylation is 1. The first kappa shape index (κ1) is 31.9. The standard InChI is InChI=1S/C24H28F6N8O5/c1-12-18(36-43-35-12)19(39)33-15(9-42-21(2,3)23(25,26)27)14-8-38-17(32-14)6-13(7-31-38)16(10-41-5)37-11-22(4,24(28,29)30)34-20(37)40/h6-8,15-16H,9-11H2,1-5H3,(H,33,39)(H,34,40)/t15-,16?,22-/m0/s1. The molecule has 0 radical (unpaired) electrons. The zero-order chi connectivity index (χ0) is 32.0. The molecule has 1 aliphatic rings. The Bertz CT molecular complexity index is 1490. The molecular formula is C24H28F6N8O5. The molecule has 3 aromatic heterocycles. The molecule has 43 heavy (non-hydrogen) atoms. The van der Waals surface area contributed by atoms with E-state index in [1.807, 2.05) is 5.32 Å². The van der Waals surface area contributed by atoms with Gasteiger partial charge in [-0.2, -0.15) is 31.4 Å². The number of halogens is 6. The smallest absolute Gasteiger partial charge is 0.382 e. The third-order valence-electron chi connectivity index (χ3n) is 7.02. The molecule has 19 heteroatoms. The number of ether oxygens (including phenoxy) is 2. The number of fused-ring (bicyclic) bond motifs is 1. The molecule has 4 heterocycles. The molecule has 236 valence electrons. The lowest BCUT2D eigenvalue weighted by molar-refractivity contribution is -0.265. The molecule has 0 aliphatic carbocycles. The number of imidazole rings is 1. The van der Waals surface area contributed by atoms with Crippen LogP contribution in [0.2, 0.25) is 0 Å². The maximum Gasteiger partial charge on any atom is 0.416 e. The minimum Gasteiger partial charge on any atom is -0.382 e. The van der Waals surface area contributed by atoms with Crippen LogP contribution in [0.25, 0.3) is 5.65 Å². The van der Waals surface area contributed by atoms with Gasteiger partial charge in [0.25, 0.3) is 5.91 Å². The summed E-state index contributed by atoms with van der Waals surface area (Å²) in [4.78, 5) is 30.8. The molecule has 2 N–H and O–H groups in total. The van der Waals surface area contributed by atoms with Crippen molar-refractivity contribution >= 4 is 17.6 Å². The van der Waals surface area contributed by atoms with Crippen LogP contribution in [0, 0.1) is 6.92 Å². The first-order valence-corrected chi connectivity index (χ1v) is 12.7. The van der Waals surface area contributed by atoms with Crippen molar-refractivity contribution in [2.75, 3.05) is 26.9 Å². The molecular weight excluding hydrogens is 594 g/mol. The summed E-state index contributed by atoms with van der Waals surface area (Å²) in [5.41, 5.74) is -4.74. The van der Waals surface area contributed by atoms with E-state index in [2.05, 4.69) is 30.3 Å². The first-order valence-electron chi connectivity index (χ1n) is 12.7. The average molecular weight is 623 g/mol. The fourth-order valence-electron chi connectivity index (χ4n) is 4.19. The van der Waals surface area contributed by atoms with Crippen LogP contribution in [0.5, 0.6) is 0 Å². The lowest BCUT2D eigenvalue weighted by Crippen LogP contribution is -2.53. The maximum atomic E-state index is 13.6. The fourth-order valence-corrected chi connectivity index (χ4v) is 4.19. The van der Waals surface area contributed by atoms with Gasteiger partial charge in [0.15, 0.2) is 22.5 Å². The molecule has 13 nitrogen and oxygen atoms in total. The van der Waals surface area contributed by atoms with Gasteiger partial charge < -0.3 is 25.0 Å². The lowest BCUT2D eigenvalue weighted by Gasteiger charge is -2.30. The highest BCUT2D eigenvalue weighted by molar-refractivity contribution is 5.93. The summed E-state index contributed by atoms with van der Waals surface area (Å²) in [6.07, 6.45) is -6.83. The molecule has 1 saturated heterocycles. The topological polar surface area (TPSA) is 149 Å². The molecule has 1 unspecified atom stereocenters. The van der Waals surface area contributed by atoms with Gasteiger partial charge in [-0.3, -0.25) is 4.79 Å². The van der Waals surface area contributed by atoms with Crippen molar-refractivity contribution in [3.63, 3.8) is 0 Å². The van der Waals surface area contributed by atoms with Crippen molar-refractivity contribution in [2.45, 2.75) is 63.3 Å². The SMILES string of the molecule is COCC(c1cnn2cc([C@H](COC(C)(C)C(F)(F)F)NC(=O)c3nonc3C)nc2c1)N1C[C@@](C)(C(F)(F)F)NC1=O. The van der Waals surface area contributed by atoms with Gasteiger partial charge in [-0.15, -0.1) is 0 Å². The zero-order valence-electron chi connectivity index (χ0n) is 23.5. The third kappa shape index (κ3) is 6.36. The van der Waals surface area contributed by atoms with Gasteiger partial charge in [0.05, 0.1) is 49.9 Å². The van der Waals surface area contributed by atoms with Gasteiger partial charge >= 0.3 is 18.4 Å². The Labute approximate surface area is 239 Å². The molecule has 3 aromatic rings. The number of nitrogens with one attached hydrogen (secondary N) is 2. The number of aromatic nitrogens is 5. The summed E-state index contributed by atoms with van der Waals surface area (Å²) >= 11 is 0. The molecule has 0 spiro atoms. The Kier molecular flexibility index (Phi) is 8.35. The van der Waals surface area contributed by atoms with Crippen molar-refractivity contribution in [3.05, 3.63) is 41.1 Å². The Morgan fingerprint density at radius 3 is 2.47 bits per heavy atom. The Hall–Kier alpha value is -4.00. The highest BCUT2D eigenvalue weighted by Crippen LogP contribution is 2.38. The van der Waals surface area contributed by atoms with E-state index in [-0.39, 0.29) is 34.9 Å². The van der Waals surface area contributed by atoms with Crippen LogP contribution in [0.4, 0.5) is 31.1 Å². The number of hydrogen-bond acceptors (Lipinski definition) is 9. The summed E-state index contributed by atoms with van der Waals surface area (Å²) in [5, 5.41) is 15.7. The van der Waals surface area contributed by atoms with E-state index in [4.69, 9.17) is 9.47 Å². The largest absolute Gasteiger partial charge is 0.416 e. The van der Waals surface area contributed by atoms with Gasteiger partial charge in [0.1, 0.15) is 5.69 Å². The molecule has 1 aliphatic heterocycles. The number of amides is 3. The number of urea groups is 1. The van der Waals surface area contributed by atoms with Gasteiger partial charge in [0, 0.05) is 12.7 Å². The minimum atomic E-state index is -4.73. The molecule has 0 aromatic carbocycles. The minimum absolute atomic E-state index is 0.0388. The summed E-state index contributed by atoms with van der Waals surface area (Å²) in [5.74, 6) is -0.823. The van der Waals surface area contributed by atoms with Gasteiger partial charge in [-0.25, -0.2) is 18.9 Å².